The number of hydrogen-bond donors (Lipinski definition) is 1. The molecule has 3 atom stereocenters. The number of pyridine rings is 1. The molecule has 0 unspecified atom stereocenters. The maximum Gasteiger partial charge on any atom is 0.298 e. The third-order valence-corrected chi connectivity index (χ3v) is 5.14. The zero-order chi connectivity index (χ0) is 16.4. The van der Waals surface area contributed by atoms with Crippen LogP contribution < -0.4 is 5.32 Å². The minimum atomic E-state index is -0.262. The first-order valence-corrected chi connectivity index (χ1v) is 8.07. The van der Waals surface area contributed by atoms with E-state index in [2.05, 4.69) is 16.2 Å². The number of carbonyl (C=O) groups excluding carboxylic acids is 2. The van der Waals surface area contributed by atoms with Crippen LogP contribution in [0.15, 0.2) is 18.5 Å². The summed E-state index contributed by atoms with van der Waals surface area (Å²) in [6.07, 6.45) is 11.6. The fourth-order valence-corrected chi connectivity index (χ4v) is 3.87. The monoisotopic (exact) mass is 311 g/mol. The van der Waals surface area contributed by atoms with Crippen LogP contribution in [-0.4, -0.2) is 34.8 Å². The predicted molar refractivity (Wildman–Crippen MR) is 87.3 cm³/mol. The number of terminal acetylenes is 1. The van der Waals surface area contributed by atoms with Crippen LogP contribution in [0, 0.1) is 37.0 Å². The van der Waals surface area contributed by atoms with Gasteiger partial charge in [-0.15, -0.1) is 6.42 Å². The topological polar surface area (TPSA) is 62.3 Å². The normalized spacial score (nSPS) is 26.3. The zero-order valence-electron chi connectivity index (χ0n) is 13.3. The molecule has 2 aliphatic rings. The summed E-state index contributed by atoms with van der Waals surface area (Å²) in [5, 5.41) is 3.01. The molecule has 2 amide bonds. The van der Waals surface area contributed by atoms with Crippen LogP contribution in [0.3, 0.4) is 0 Å². The molecule has 1 aromatic rings. The number of likely N-dealkylation sites (tertiary alicyclic amines) is 1. The van der Waals surface area contributed by atoms with Crippen LogP contribution in [0.5, 0.6) is 0 Å². The smallest absolute Gasteiger partial charge is 0.298 e. The largest absolute Gasteiger partial charge is 0.331 e. The van der Waals surface area contributed by atoms with Gasteiger partial charge in [-0.3, -0.25) is 14.6 Å². The Morgan fingerprint density at radius 1 is 1.39 bits per heavy atom. The SMILES string of the molecule is C#CC(=O)N1C[C@H]2CCC[C@@H](C(=O)Nc3cnccc3C)[C@@H]2C1. The Hall–Kier alpha value is -2.35. The van der Waals surface area contributed by atoms with Crippen molar-refractivity contribution in [1.82, 2.24) is 9.88 Å². The number of anilines is 1. The molecule has 1 aliphatic heterocycles. The summed E-state index contributed by atoms with van der Waals surface area (Å²) in [6.45, 7) is 3.23. The quantitative estimate of drug-likeness (QED) is 0.848. The standard InChI is InChI=1S/C18H21N3O2/c1-3-17(22)21-10-13-5-4-6-14(15(13)11-21)18(23)20-16-9-19-8-7-12(16)2/h1,7-9,13-15H,4-6,10-11H2,2H3,(H,20,23)/t13-,14-,15-/m1/s1. The van der Waals surface area contributed by atoms with Gasteiger partial charge in [-0.1, -0.05) is 6.42 Å². The average molecular weight is 311 g/mol. The molecule has 23 heavy (non-hydrogen) atoms. The molecule has 0 aromatic carbocycles. The molecule has 2 heterocycles. The first-order chi connectivity index (χ1) is 11.1. The minimum Gasteiger partial charge on any atom is -0.331 e. The molecule has 3 rings (SSSR count). The van der Waals surface area contributed by atoms with Gasteiger partial charge in [0.15, 0.2) is 0 Å². The second-order valence-electron chi connectivity index (χ2n) is 6.50. The van der Waals surface area contributed by atoms with E-state index in [0.29, 0.717) is 19.0 Å². The second-order valence-corrected chi connectivity index (χ2v) is 6.50. The lowest BCUT2D eigenvalue weighted by Gasteiger charge is -2.31. The molecule has 1 aromatic heterocycles. The molecule has 0 bridgehead atoms. The molecule has 1 aliphatic carbocycles. The Kier molecular flexibility index (Phi) is 4.33. The number of aromatic nitrogens is 1. The van der Waals surface area contributed by atoms with E-state index in [1.54, 1.807) is 17.3 Å². The van der Waals surface area contributed by atoms with Crippen molar-refractivity contribution in [3.8, 4) is 12.3 Å². The van der Waals surface area contributed by atoms with Crippen molar-refractivity contribution in [2.75, 3.05) is 18.4 Å². The molecule has 0 spiro atoms. The average Bonchev–Trinajstić information content (AvgIpc) is 3.00. The van der Waals surface area contributed by atoms with E-state index < -0.39 is 0 Å². The van der Waals surface area contributed by atoms with E-state index in [0.717, 1.165) is 30.5 Å². The van der Waals surface area contributed by atoms with E-state index in [1.165, 1.54) is 0 Å². The third kappa shape index (κ3) is 3.07. The lowest BCUT2D eigenvalue weighted by Crippen LogP contribution is -2.36. The van der Waals surface area contributed by atoms with Crippen LogP contribution in [0.2, 0.25) is 0 Å². The number of carbonyl (C=O) groups is 2. The molecular weight excluding hydrogens is 290 g/mol. The Labute approximate surface area is 136 Å². The second kappa shape index (κ2) is 6.41. The highest BCUT2D eigenvalue weighted by Crippen LogP contribution is 2.40. The molecule has 5 nitrogen and oxygen atoms in total. The van der Waals surface area contributed by atoms with Gasteiger partial charge in [0, 0.05) is 25.2 Å². The van der Waals surface area contributed by atoms with Gasteiger partial charge in [-0.2, -0.15) is 0 Å². The molecule has 5 heteroatoms. The Bertz CT molecular complexity index is 664. The third-order valence-electron chi connectivity index (χ3n) is 5.14. The molecule has 2 fully saturated rings. The van der Waals surface area contributed by atoms with Gasteiger partial charge in [-0.25, -0.2) is 0 Å². The zero-order valence-corrected chi connectivity index (χ0v) is 13.3. The van der Waals surface area contributed by atoms with E-state index >= 15 is 0 Å². The lowest BCUT2D eigenvalue weighted by atomic mass is 9.73. The maximum atomic E-state index is 12.7. The van der Waals surface area contributed by atoms with Crippen molar-refractivity contribution in [2.45, 2.75) is 26.2 Å². The van der Waals surface area contributed by atoms with E-state index in [9.17, 15) is 9.59 Å². The summed E-state index contributed by atoms with van der Waals surface area (Å²) in [5.74, 6) is 2.48. The van der Waals surface area contributed by atoms with Gasteiger partial charge in [-0.05, 0) is 49.2 Å². The Morgan fingerprint density at radius 2 is 2.22 bits per heavy atom. The number of fused-ring (bicyclic) bond motifs is 1. The van der Waals surface area contributed by atoms with Crippen molar-refractivity contribution in [1.29, 1.82) is 0 Å². The summed E-state index contributed by atoms with van der Waals surface area (Å²) < 4.78 is 0. The number of nitrogens with zero attached hydrogens (tertiary/aromatic N) is 2. The molecule has 120 valence electrons. The van der Waals surface area contributed by atoms with Crippen molar-refractivity contribution >= 4 is 17.5 Å². The fraction of sp³-hybridized carbons (Fsp3) is 0.500. The van der Waals surface area contributed by atoms with Crippen LogP contribution in [0.1, 0.15) is 24.8 Å². The highest BCUT2D eigenvalue weighted by molar-refractivity contribution is 5.94. The predicted octanol–water partition coefficient (Wildman–Crippen LogP) is 1.84. The van der Waals surface area contributed by atoms with Crippen LogP contribution >= 0.6 is 0 Å². The fourth-order valence-electron chi connectivity index (χ4n) is 3.87. The van der Waals surface area contributed by atoms with Crippen molar-refractivity contribution in [2.24, 2.45) is 17.8 Å². The van der Waals surface area contributed by atoms with Crippen molar-refractivity contribution in [3.05, 3.63) is 24.0 Å². The maximum absolute atomic E-state index is 12.7. The van der Waals surface area contributed by atoms with E-state index in [1.807, 2.05) is 13.0 Å². The number of amides is 2. The van der Waals surface area contributed by atoms with Gasteiger partial charge in [0.2, 0.25) is 5.91 Å². The van der Waals surface area contributed by atoms with Crippen LogP contribution in [0.4, 0.5) is 5.69 Å². The van der Waals surface area contributed by atoms with E-state index in [-0.39, 0.29) is 23.7 Å². The van der Waals surface area contributed by atoms with Gasteiger partial charge in [0.05, 0.1) is 11.9 Å². The first kappa shape index (κ1) is 15.5. The number of aryl methyl sites for hydroxylation is 1. The summed E-state index contributed by atoms with van der Waals surface area (Å²) in [6, 6.07) is 1.88. The summed E-state index contributed by atoms with van der Waals surface area (Å²) in [7, 11) is 0. The summed E-state index contributed by atoms with van der Waals surface area (Å²) in [4.78, 5) is 30.3. The first-order valence-electron chi connectivity index (χ1n) is 8.07. The van der Waals surface area contributed by atoms with Crippen molar-refractivity contribution < 1.29 is 9.59 Å². The Morgan fingerprint density at radius 3 is 2.96 bits per heavy atom. The van der Waals surface area contributed by atoms with Crippen molar-refractivity contribution in [3.63, 3.8) is 0 Å². The number of nitrogens with one attached hydrogen (secondary N) is 1. The van der Waals surface area contributed by atoms with Crippen LogP contribution in [0.25, 0.3) is 0 Å². The lowest BCUT2D eigenvalue weighted by molar-refractivity contribution is -0.125. The molecule has 1 saturated heterocycles. The summed E-state index contributed by atoms with van der Waals surface area (Å²) in [5.41, 5.74) is 1.76. The van der Waals surface area contributed by atoms with Gasteiger partial charge in [0.25, 0.3) is 5.91 Å². The highest BCUT2D eigenvalue weighted by Gasteiger charge is 2.44. The molecule has 1 saturated carbocycles. The Balaban J connectivity index is 1.72. The number of rotatable bonds is 2. The van der Waals surface area contributed by atoms with Gasteiger partial charge in [0.1, 0.15) is 0 Å². The highest BCUT2D eigenvalue weighted by atomic mass is 16.2. The number of hydrogen-bond acceptors (Lipinski definition) is 3. The molecular formula is C18H21N3O2. The minimum absolute atomic E-state index is 0.0332. The summed E-state index contributed by atoms with van der Waals surface area (Å²) >= 11 is 0. The molecule has 1 N–H and O–H groups in total. The van der Waals surface area contributed by atoms with Gasteiger partial charge >= 0.3 is 0 Å². The van der Waals surface area contributed by atoms with E-state index in [4.69, 9.17) is 6.42 Å². The van der Waals surface area contributed by atoms with Gasteiger partial charge < -0.3 is 10.2 Å². The molecule has 0 radical (unpaired) electrons. The van der Waals surface area contributed by atoms with Crippen LogP contribution in [-0.2, 0) is 9.59 Å².